The number of benzene rings is 2. The molecule has 0 atom stereocenters. The van der Waals surface area contributed by atoms with E-state index in [0.29, 0.717) is 4.80 Å². The van der Waals surface area contributed by atoms with Crippen molar-refractivity contribution >= 4 is 33.1 Å². The van der Waals surface area contributed by atoms with Gasteiger partial charge >= 0.3 is 0 Å². The summed E-state index contributed by atoms with van der Waals surface area (Å²) in [4.78, 5) is 27.3. The summed E-state index contributed by atoms with van der Waals surface area (Å²) in [5.41, 5.74) is 2.21. The first-order valence-corrected chi connectivity index (χ1v) is 7.67. The van der Waals surface area contributed by atoms with Crippen LogP contribution in [-0.2, 0) is 7.05 Å². The summed E-state index contributed by atoms with van der Waals surface area (Å²) < 4.78 is 2.91. The lowest BCUT2D eigenvalue weighted by Crippen LogP contribution is -2.13. The van der Waals surface area contributed by atoms with Gasteiger partial charge in [-0.1, -0.05) is 29.5 Å². The van der Waals surface area contributed by atoms with E-state index in [9.17, 15) is 14.9 Å². The number of non-ortho nitro benzene ring substituents is 1. The predicted molar refractivity (Wildman–Crippen MR) is 88.5 cm³/mol. The minimum Gasteiger partial charge on any atom is -0.319 e. The molecule has 1 aromatic heterocycles. The molecule has 0 saturated carbocycles. The first kappa shape index (κ1) is 15.1. The van der Waals surface area contributed by atoms with Crippen molar-refractivity contribution in [1.82, 2.24) is 4.57 Å². The Balaban J connectivity index is 2.10. The third kappa shape index (κ3) is 2.78. The summed E-state index contributed by atoms with van der Waals surface area (Å²) in [6.07, 6.45) is 0. The quantitative estimate of drug-likeness (QED) is 0.535. The Bertz CT molecular complexity index is 1000. The van der Waals surface area contributed by atoms with Gasteiger partial charge in [0.25, 0.3) is 11.6 Å². The van der Waals surface area contributed by atoms with Gasteiger partial charge in [-0.25, -0.2) is 0 Å². The summed E-state index contributed by atoms with van der Waals surface area (Å²) in [6, 6.07) is 11.5. The molecule has 1 amide bonds. The van der Waals surface area contributed by atoms with E-state index < -0.39 is 10.8 Å². The molecule has 0 aliphatic heterocycles. The fourth-order valence-electron chi connectivity index (χ4n) is 2.41. The van der Waals surface area contributed by atoms with Gasteiger partial charge in [0.05, 0.1) is 15.1 Å². The summed E-state index contributed by atoms with van der Waals surface area (Å²) in [5.74, 6) is -0.492. The number of rotatable bonds is 2. The topological polar surface area (TPSA) is 77.5 Å². The van der Waals surface area contributed by atoms with Crippen LogP contribution in [0.25, 0.3) is 10.2 Å². The lowest BCUT2D eigenvalue weighted by molar-refractivity contribution is -0.384. The number of hydrogen-bond donors (Lipinski definition) is 0. The first-order chi connectivity index (χ1) is 11.0. The number of hydrogen-bond acceptors (Lipinski definition) is 4. The van der Waals surface area contributed by atoms with E-state index in [0.717, 1.165) is 15.8 Å². The Morgan fingerprint density at radius 1 is 1.26 bits per heavy atom. The van der Waals surface area contributed by atoms with Crippen LogP contribution in [0.15, 0.2) is 47.5 Å². The van der Waals surface area contributed by atoms with Crippen molar-refractivity contribution < 1.29 is 9.72 Å². The fourth-order valence-corrected chi connectivity index (χ4v) is 3.50. The lowest BCUT2D eigenvalue weighted by atomic mass is 10.2. The summed E-state index contributed by atoms with van der Waals surface area (Å²) in [7, 11) is 1.85. The number of nitro groups is 1. The normalized spacial score (nSPS) is 11.8. The SMILES string of the molecule is Cc1cccc2sc(=NC(=O)c3cccc([N+](=O)[O-])c3)n(C)c12. The second-order valence-electron chi connectivity index (χ2n) is 5.09. The van der Waals surface area contributed by atoms with Gasteiger partial charge in [0, 0.05) is 24.7 Å². The van der Waals surface area contributed by atoms with Gasteiger partial charge in [-0.05, 0) is 24.6 Å². The molecule has 116 valence electrons. The van der Waals surface area contributed by atoms with Gasteiger partial charge in [0.15, 0.2) is 4.80 Å². The molecule has 1 heterocycles. The number of thiazole rings is 1. The molecule has 0 fully saturated rings. The second-order valence-corrected chi connectivity index (χ2v) is 6.10. The molecule has 23 heavy (non-hydrogen) atoms. The van der Waals surface area contributed by atoms with Crippen molar-refractivity contribution in [3.05, 3.63) is 68.5 Å². The molecule has 6 nitrogen and oxygen atoms in total. The molecular formula is C16H13N3O3S. The van der Waals surface area contributed by atoms with Crippen LogP contribution in [0, 0.1) is 17.0 Å². The van der Waals surface area contributed by atoms with Gasteiger partial charge in [-0.15, -0.1) is 0 Å². The van der Waals surface area contributed by atoms with Crippen LogP contribution >= 0.6 is 11.3 Å². The van der Waals surface area contributed by atoms with E-state index in [4.69, 9.17) is 0 Å². The van der Waals surface area contributed by atoms with Crippen LogP contribution in [0.5, 0.6) is 0 Å². The molecule has 0 N–H and O–H groups in total. The number of para-hydroxylation sites is 1. The van der Waals surface area contributed by atoms with Gasteiger partial charge in [-0.3, -0.25) is 14.9 Å². The molecule has 3 aromatic rings. The van der Waals surface area contributed by atoms with Crippen molar-refractivity contribution in [2.45, 2.75) is 6.92 Å². The first-order valence-electron chi connectivity index (χ1n) is 6.86. The van der Waals surface area contributed by atoms with E-state index in [-0.39, 0.29) is 11.3 Å². The zero-order valence-electron chi connectivity index (χ0n) is 12.5. The highest BCUT2D eigenvalue weighted by molar-refractivity contribution is 7.16. The van der Waals surface area contributed by atoms with E-state index in [2.05, 4.69) is 4.99 Å². The highest BCUT2D eigenvalue weighted by Crippen LogP contribution is 2.20. The Hall–Kier alpha value is -2.80. The van der Waals surface area contributed by atoms with Crippen molar-refractivity contribution in [2.75, 3.05) is 0 Å². The van der Waals surface area contributed by atoms with Crippen LogP contribution < -0.4 is 4.80 Å². The Morgan fingerprint density at radius 3 is 2.70 bits per heavy atom. The third-order valence-corrected chi connectivity index (χ3v) is 4.62. The Morgan fingerprint density at radius 2 is 2.00 bits per heavy atom. The molecule has 3 rings (SSSR count). The van der Waals surface area contributed by atoms with E-state index in [1.165, 1.54) is 35.6 Å². The van der Waals surface area contributed by atoms with Gasteiger partial charge in [0.2, 0.25) is 0 Å². The molecule has 0 saturated heterocycles. The zero-order valence-corrected chi connectivity index (χ0v) is 13.3. The minimum atomic E-state index is -0.528. The lowest BCUT2D eigenvalue weighted by Gasteiger charge is -1.99. The summed E-state index contributed by atoms with van der Waals surface area (Å²) in [6.45, 7) is 2.00. The van der Waals surface area contributed by atoms with Crippen LogP contribution in [0.2, 0.25) is 0 Å². The Kier molecular flexibility index (Phi) is 3.79. The number of nitro benzene ring substituents is 1. The van der Waals surface area contributed by atoms with Crippen molar-refractivity contribution in [3.8, 4) is 0 Å². The van der Waals surface area contributed by atoms with Gasteiger partial charge < -0.3 is 4.57 Å². The molecular weight excluding hydrogens is 314 g/mol. The molecule has 0 radical (unpaired) electrons. The number of aryl methyl sites for hydroxylation is 2. The number of carbonyl (C=O) groups excluding carboxylic acids is 1. The molecule has 2 aromatic carbocycles. The highest BCUT2D eigenvalue weighted by atomic mass is 32.1. The average Bonchev–Trinajstić information content (AvgIpc) is 2.85. The van der Waals surface area contributed by atoms with Crippen molar-refractivity contribution in [3.63, 3.8) is 0 Å². The van der Waals surface area contributed by atoms with Gasteiger partial charge in [-0.2, -0.15) is 4.99 Å². The maximum absolute atomic E-state index is 12.3. The zero-order chi connectivity index (χ0) is 16.6. The maximum Gasteiger partial charge on any atom is 0.279 e. The number of carbonyl (C=O) groups is 1. The number of amides is 1. The standard InChI is InChI=1S/C16H13N3O3S/c1-10-5-3-8-13-14(10)18(2)16(23-13)17-15(20)11-6-4-7-12(9-11)19(21)22/h3-9H,1-2H3. The molecule has 0 aliphatic rings. The fraction of sp³-hybridized carbons (Fsp3) is 0.125. The van der Waals surface area contributed by atoms with Crippen molar-refractivity contribution in [2.24, 2.45) is 12.0 Å². The van der Waals surface area contributed by atoms with Crippen LogP contribution in [0.3, 0.4) is 0 Å². The Labute approximate surface area is 135 Å². The third-order valence-electron chi connectivity index (χ3n) is 3.53. The number of fused-ring (bicyclic) bond motifs is 1. The number of aromatic nitrogens is 1. The number of nitrogens with zero attached hydrogens (tertiary/aromatic N) is 3. The van der Waals surface area contributed by atoms with Crippen molar-refractivity contribution in [1.29, 1.82) is 0 Å². The molecule has 0 unspecified atom stereocenters. The molecule has 0 aliphatic carbocycles. The van der Waals surface area contributed by atoms with Gasteiger partial charge in [0.1, 0.15) is 0 Å². The van der Waals surface area contributed by atoms with E-state index >= 15 is 0 Å². The van der Waals surface area contributed by atoms with Crippen LogP contribution in [-0.4, -0.2) is 15.4 Å². The highest BCUT2D eigenvalue weighted by Gasteiger charge is 2.12. The largest absolute Gasteiger partial charge is 0.319 e. The molecule has 0 spiro atoms. The van der Waals surface area contributed by atoms with Crippen LogP contribution in [0.4, 0.5) is 5.69 Å². The summed E-state index contributed by atoms with van der Waals surface area (Å²) >= 11 is 1.41. The monoisotopic (exact) mass is 327 g/mol. The minimum absolute atomic E-state index is 0.123. The van der Waals surface area contributed by atoms with Crippen LogP contribution in [0.1, 0.15) is 15.9 Å². The molecule has 7 heteroatoms. The predicted octanol–water partition coefficient (Wildman–Crippen LogP) is 3.20. The maximum atomic E-state index is 12.3. The summed E-state index contributed by atoms with van der Waals surface area (Å²) in [5, 5.41) is 10.8. The second kappa shape index (κ2) is 5.77. The van der Waals surface area contributed by atoms with E-state index in [1.54, 1.807) is 0 Å². The van der Waals surface area contributed by atoms with E-state index in [1.807, 2.05) is 36.7 Å². The molecule has 0 bridgehead atoms. The smallest absolute Gasteiger partial charge is 0.279 e. The average molecular weight is 327 g/mol.